The van der Waals surface area contributed by atoms with Gasteiger partial charge in [0.15, 0.2) is 11.5 Å². The van der Waals surface area contributed by atoms with Crippen LogP contribution in [0.2, 0.25) is 10.0 Å². The normalized spacial score (nSPS) is 11.0. The fraction of sp³-hybridized carbons (Fsp3) is 0.222. The van der Waals surface area contributed by atoms with Gasteiger partial charge in [0.2, 0.25) is 0 Å². The summed E-state index contributed by atoms with van der Waals surface area (Å²) in [4.78, 5) is 12.2. The van der Waals surface area contributed by atoms with Crippen molar-refractivity contribution in [1.82, 2.24) is 5.43 Å². The zero-order valence-electron chi connectivity index (χ0n) is 14.0. The number of hydrogen-bond acceptors (Lipinski definition) is 4. The topological polar surface area (TPSA) is 59.9 Å². The molecule has 0 saturated carbocycles. The summed E-state index contributed by atoms with van der Waals surface area (Å²) in [6.45, 7) is 3.83. The summed E-state index contributed by atoms with van der Waals surface area (Å²) in [6.07, 6.45) is 1.48. The van der Waals surface area contributed by atoms with Crippen molar-refractivity contribution in [1.29, 1.82) is 0 Å². The number of benzene rings is 2. The van der Waals surface area contributed by atoms with Crippen molar-refractivity contribution in [3.05, 3.63) is 57.6 Å². The highest BCUT2D eigenvalue weighted by Gasteiger charge is 2.11. The van der Waals surface area contributed by atoms with E-state index in [0.717, 1.165) is 0 Å². The molecule has 0 spiro atoms. The van der Waals surface area contributed by atoms with Gasteiger partial charge in [-0.25, -0.2) is 5.43 Å². The molecule has 2 aromatic carbocycles. The molecule has 0 aliphatic heterocycles. The van der Waals surface area contributed by atoms with E-state index in [1.807, 2.05) is 13.8 Å². The molecule has 0 unspecified atom stereocenters. The van der Waals surface area contributed by atoms with Crippen molar-refractivity contribution in [3.8, 4) is 11.5 Å². The molecule has 0 saturated heterocycles. The molecule has 1 N–H and O–H groups in total. The Kier molecular flexibility index (Phi) is 6.67. The summed E-state index contributed by atoms with van der Waals surface area (Å²) < 4.78 is 10.9. The Bertz CT molecular complexity index is 792. The van der Waals surface area contributed by atoms with Gasteiger partial charge in [-0.05, 0) is 49.7 Å². The third kappa shape index (κ3) is 5.37. The maximum atomic E-state index is 12.2. The van der Waals surface area contributed by atoms with Crippen molar-refractivity contribution >= 4 is 35.3 Å². The molecule has 0 aliphatic rings. The van der Waals surface area contributed by atoms with Crippen LogP contribution in [0.1, 0.15) is 29.8 Å². The van der Waals surface area contributed by atoms with Gasteiger partial charge < -0.3 is 9.47 Å². The number of methoxy groups -OCH3 is 1. The Hall–Kier alpha value is -2.24. The third-order valence-electron chi connectivity index (χ3n) is 3.11. The molecule has 0 aliphatic carbocycles. The zero-order chi connectivity index (χ0) is 18.4. The standard InChI is InChI=1S/C18H18Cl2N2O3/c1-11(2)25-16-7-5-13(9-17(16)24-3)18(23)22-21-10-12-4-6-14(19)15(20)8-12/h4-11H,1-3H3,(H,22,23)/b21-10-. The lowest BCUT2D eigenvalue weighted by atomic mass is 10.2. The smallest absolute Gasteiger partial charge is 0.271 e. The van der Waals surface area contributed by atoms with E-state index in [1.165, 1.54) is 13.3 Å². The first-order valence-corrected chi connectivity index (χ1v) is 8.29. The van der Waals surface area contributed by atoms with E-state index in [9.17, 15) is 4.79 Å². The van der Waals surface area contributed by atoms with E-state index in [0.29, 0.717) is 32.7 Å². The molecule has 132 valence electrons. The van der Waals surface area contributed by atoms with Crippen molar-refractivity contribution in [2.75, 3.05) is 7.11 Å². The summed E-state index contributed by atoms with van der Waals surface area (Å²) >= 11 is 11.8. The number of hydrazone groups is 1. The van der Waals surface area contributed by atoms with Crippen LogP contribution in [-0.2, 0) is 0 Å². The molecule has 0 fully saturated rings. The molecule has 2 aromatic rings. The van der Waals surface area contributed by atoms with E-state index in [4.69, 9.17) is 32.7 Å². The van der Waals surface area contributed by atoms with Crippen LogP contribution in [0.4, 0.5) is 0 Å². The predicted octanol–water partition coefficient (Wildman–Crippen LogP) is 4.55. The average molecular weight is 381 g/mol. The molecule has 1 amide bonds. The first-order chi connectivity index (χ1) is 11.9. The van der Waals surface area contributed by atoms with E-state index in [2.05, 4.69) is 10.5 Å². The van der Waals surface area contributed by atoms with Gasteiger partial charge >= 0.3 is 0 Å². The van der Waals surface area contributed by atoms with Gasteiger partial charge in [0.05, 0.1) is 29.5 Å². The number of carbonyl (C=O) groups excluding carboxylic acids is 1. The number of nitrogens with one attached hydrogen (secondary N) is 1. The largest absolute Gasteiger partial charge is 0.493 e. The number of rotatable bonds is 6. The lowest BCUT2D eigenvalue weighted by Crippen LogP contribution is -2.18. The van der Waals surface area contributed by atoms with E-state index in [1.54, 1.807) is 36.4 Å². The SMILES string of the molecule is COc1cc(C(=O)N/N=C\c2ccc(Cl)c(Cl)c2)ccc1OC(C)C. The quantitative estimate of drug-likeness (QED) is 0.590. The Morgan fingerprint density at radius 1 is 1.12 bits per heavy atom. The van der Waals surface area contributed by atoms with Crippen LogP contribution in [0.25, 0.3) is 0 Å². The number of ether oxygens (including phenoxy) is 2. The van der Waals surface area contributed by atoms with E-state index < -0.39 is 0 Å². The molecule has 0 atom stereocenters. The minimum atomic E-state index is -0.370. The third-order valence-corrected chi connectivity index (χ3v) is 3.85. The van der Waals surface area contributed by atoms with Crippen molar-refractivity contribution < 1.29 is 14.3 Å². The van der Waals surface area contributed by atoms with Crippen molar-refractivity contribution in [2.24, 2.45) is 5.10 Å². The predicted molar refractivity (Wildman–Crippen MR) is 100 cm³/mol. The second kappa shape index (κ2) is 8.74. The lowest BCUT2D eigenvalue weighted by molar-refractivity contribution is 0.0954. The molecule has 2 rings (SSSR count). The van der Waals surface area contributed by atoms with Crippen LogP contribution in [0.5, 0.6) is 11.5 Å². The van der Waals surface area contributed by atoms with E-state index >= 15 is 0 Å². The summed E-state index contributed by atoms with van der Waals surface area (Å²) in [5.74, 6) is 0.689. The van der Waals surface area contributed by atoms with Crippen molar-refractivity contribution in [2.45, 2.75) is 20.0 Å². The minimum absolute atomic E-state index is 0.00405. The fourth-order valence-corrected chi connectivity index (χ4v) is 2.29. The number of nitrogens with zero attached hydrogens (tertiary/aromatic N) is 1. The Morgan fingerprint density at radius 3 is 2.52 bits per heavy atom. The number of halogens is 2. The van der Waals surface area contributed by atoms with Crippen molar-refractivity contribution in [3.63, 3.8) is 0 Å². The number of hydrogen-bond donors (Lipinski definition) is 1. The van der Waals surface area contributed by atoms with Gasteiger partial charge in [0, 0.05) is 5.56 Å². The van der Waals surface area contributed by atoms with Crippen LogP contribution in [0.3, 0.4) is 0 Å². The average Bonchev–Trinajstić information content (AvgIpc) is 2.57. The van der Waals surface area contributed by atoms with Gasteiger partial charge in [-0.1, -0.05) is 29.3 Å². The monoisotopic (exact) mass is 380 g/mol. The molecular weight excluding hydrogens is 363 g/mol. The molecule has 0 heterocycles. The van der Waals surface area contributed by atoms with Crippen LogP contribution in [0.15, 0.2) is 41.5 Å². The summed E-state index contributed by atoms with van der Waals surface area (Å²) in [6, 6.07) is 9.99. The molecular formula is C18H18Cl2N2O3. The number of carbonyl (C=O) groups is 1. The first kappa shape index (κ1) is 19.1. The van der Waals surface area contributed by atoms with Crippen LogP contribution in [-0.4, -0.2) is 25.3 Å². The highest BCUT2D eigenvalue weighted by Crippen LogP contribution is 2.29. The maximum Gasteiger partial charge on any atom is 0.271 e. The summed E-state index contributed by atoms with van der Waals surface area (Å²) in [5, 5.41) is 4.79. The van der Waals surface area contributed by atoms with Gasteiger partial charge in [-0.2, -0.15) is 5.10 Å². The summed E-state index contributed by atoms with van der Waals surface area (Å²) in [7, 11) is 1.52. The fourth-order valence-electron chi connectivity index (χ4n) is 1.98. The van der Waals surface area contributed by atoms with E-state index in [-0.39, 0.29) is 12.0 Å². The van der Waals surface area contributed by atoms with Crippen LogP contribution in [0, 0.1) is 0 Å². The Balaban J connectivity index is 2.07. The highest BCUT2D eigenvalue weighted by atomic mass is 35.5. The Morgan fingerprint density at radius 2 is 1.88 bits per heavy atom. The summed E-state index contributed by atoms with van der Waals surface area (Å²) in [5.41, 5.74) is 3.57. The maximum absolute atomic E-state index is 12.2. The minimum Gasteiger partial charge on any atom is -0.493 e. The molecule has 0 aromatic heterocycles. The second-order valence-electron chi connectivity index (χ2n) is 5.40. The number of amides is 1. The molecule has 0 bridgehead atoms. The molecule has 25 heavy (non-hydrogen) atoms. The van der Waals surface area contributed by atoms with Crippen LogP contribution >= 0.6 is 23.2 Å². The first-order valence-electron chi connectivity index (χ1n) is 7.54. The van der Waals surface area contributed by atoms with Gasteiger partial charge in [-0.3, -0.25) is 4.79 Å². The van der Waals surface area contributed by atoms with Crippen LogP contribution < -0.4 is 14.9 Å². The Labute approximate surface area is 156 Å². The molecule has 5 nitrogen and oxygen atoms in total. The second-order valence-corrected chi connectivity index (χ2v) is 6.22. The van der Waals surface area contributed by atoms with Gasteiger partial charge in [0.25, 0.3) is 5.91 Å². The molecule has 7 heteroatoms. The van der Waals surface area contributed by atoms with Gasteiger partial charge in [-0.15, -0.1) is 0 Å². The molecule has 0 radical (unpaired) electrons. The van der Waals surface area contributed by atoms with Gasteiger partial charge in [0.1, 0.15) is 0 Å². The zero-order valence-corrected chi connectivity index (χ0v) is 15.6. The highest BCUT2D eigenvalue weighted by molar-refractivity contribution is 6.42. The lowest BCUT2D eigenvalue weighted by Gasteiger charge is -2.14.